The quantitative estimate of drug-likeness (QED) is 0.535. The average Bonchev–Trinajstić information content (AvgIpc) is 3.15. The number of pyridine rings is 1. The van der Waals surface area contributed by atoms with Crippen LogP contribution in [0.4, 0.5) is 10.1 Å². The van der Waals surface area contributed by atoms with E-state index in [0.29, 0.717) is 29.2 Å². The first kappa shape index (κ1) is 22.7. The fourth-order valence-electron chi connectivity index (χ4n) is 4.02. The first-order chi connectivity index (χ1) is 15.8. The first-order valence-corrected chi connectivity index (χ1v) is 10.8. The molecule has 1 aromatic heterocycles. The second-order valence-corrected chi connectivity index (χ2v) is 8.42. The Morgan fingerprint density at radius 2 is 1.82 bits per heavy atom. The van der Waals surface area contributed by atoms with Crippen molar-refractivity contribution in [2.75, 3.05) is 5.32 Å². The Morgan fingerprint density at radius 3 is 2.52 bits per heavy atom. The Morgan fingerprint density at radius 1 is 1.06 bits per heavy atom. The second-order valence-electron chi connectivity index (χ2n) is 7.99. The summed E-state index contributed by atoms with van der Waals surface area (Å²) in [5, 5.41) is 6.11. The molecule has 0 aliphatic heterocycles. The van der Waals surface area contributed by atoms with Crippen LogP contribution in [0.15, 0.2) is 71.7 Å². The van der Waals surface area contributed by atoms with Gasteiger partial charge in [0.1, 0.15) is 5.82 Å². The molecular weight excluding hydrogens is 447 g/mol. The third-order valence-electron chi connectivity index (χ3n) is 5.66. The molecule has 4 rings (SSSR count). The molecule has 1 aliphatic carbocycles. The van der Waals surface area contributed by atoms with Gasteiger partial charge in [-0.15, -0.1) is 0 Å². The Labute approximate surface area is 194 Å². The van der Waals surface area contributed by atoms with Crippen LogP contribution in [0.5, 0.6) is 0 Å². The van der Waals surface area contributed by atoms with Gasteiger partial charge in [-0.05, 0) is 61.4 Å². The summed E-state index contributed by atoms with van der Waals surface area (Å²) in [5.74, 6) is -2.27. The van der Waals surface area contributed by atoms with Crippen molar-refractivity contribution in [2.45, 2.75) is 24.9 Å². The monoisotopic (exact) mass is 468 g/mol. The van der Waals surface area contributed by atoms with Crippen LogP contribution in [-0.2, 0) is 4.79 Å². The van der Waals surface area contributed by atoms with E-state index in [9.17, 15) is 18.8 Å². The number of hydrogen-bond acceptors (Lipinski definition) is 4. The highest BCUT2D eigenvalue weighted by Gasteiger charge is 2.38. The lowest BCUT2D eigenvalue weighted by Crippen LogP contribution is -2.42. The average molecular weight is 469 g/mol. The summed E-state index contributed by atoms with van der Waals surface area (Å²) in [5.41, 5.74) is 6.44. The van der Waals surface area contributed by atoms with Crippen LogP contribution in [0, 0.1) is 11.7 Å². The third kappa shape index (κ3) is 5.13. The number of benzene rings is 2. The number of hydrogen-bond donors (Lipinski definition) is 3. The molecule has 0 spiro atoms. The van der Waals surface area contributed by atoms with Crippen molar-refractivity contribution in [1.82, 2.24) is 9.88 Å². The third-order valence-corrected chi connectivity index (χ3v) is 5.91. The first-order valence-electron chi connectivity index (χ1n) is 10.4. The molecule has 9 heteroatoms. The van der Waals surface area contributed by atoms with Crippen molar-refractivity contribution in [3.63, 3.8) is 0 Å². The van der Waals surface area contributed by atoms with E-state index in [0.717, 1.165) is 6.07 Å². The number of carbonyl (C=O) groups is 2. The Balaban J connectivity index is 1.48. The van der Waals surface area contributed by atoms with Gasteiger partial charge in [-0.3, -0.25) is 19.0 Å². The SMILES string of the molecule is NC1CC(NC(=O)c2ccc(-n3ccccc3=O)cc2F)C(C(=O)Nc2ccc(Cl)cc2)C1. The number of nitrogens with two attached hydrogens (primary N) is 1. The minimum atomic E-state index is -0.773. The second kappa shape index (κ2) is 9.56. The fraction of sp³-hybridized carbons (Fsp3) is 0.208. The maximum Gasteiger partial charge on any atom is 0.255 e. The zero-order valence-corrected chi connectivity index (χ0v) is 18.3. The van der Waals surface area contributed by atoms with E-state index in [4.69, 9.17) is 17.3 Å². The van der Waals surface area contributed by atoms with Gasteiger partial charge in [-0.25, -0.2) is 4.39 Å². The van der Waals surface area contributed by atoms with Gasteiger partial charge >= 0.3 is 0 Å². The van der Waals surface area contributed by atoms with Crippen molar-refractivity contribution in [1.29, 1.82) is 0 Å². The minimum Gasteiger partial charge on any atom is -0.348 e. The van der Waals surface area contributed by atoms with Gasteiger partial charge in [0.15, 0.2) is 0 Å². The van der Waals surface area contributed by atoms with Gasteiger partial charge in [-0.1, -0.05) is 17.7 Å². The highest BCUT2D eigenvalue weighted by Crippen LogP contribution is 2.27. The highest BCUT2D eigenvalue weighted by molar-refractivity contribution is 6.30. The van der Waals surface area contributed by atoms with E-state index in [1.54, 1.807) is 36.4 Å². The van der Waals surface area contributed by atoms with Gasteiger partial charge < -0.3 is 16.4 Å². The van der Waals surface area contributed by atoms with E-state index in [1.807, 2.05) is 0 Å². The number of anilines is 1. The Kier molecular flexibility index (Phi) is 6.57. The molecule has 33 heavy (non-hydrogen) atoms. The molecular formula is C24H22ClFN4O3. The van der Waals surface area contributed by atoms with Crippen LogP contribution >= 0.6 is 11.6 Å². The molecule has 1 aliphatic rings. The molecule has 3 aromatic rings. The highest BCUT2D eigenvalue weighted by atomic mass is 35.5. The molecule has 2 amide bonds. The minimum absolute atomic E-state index is 0.180. The molecule has 2 aromatic carbocycles. The van der Waals surface area contributed by atoms with Crippen LogP contribution in [0.25, 0.3) is 5.69 Å². The van der Waals surface area contributed by atoms with Crippen LogP contribution in [-0.4, -0.2) is 28.5 Å². The van der Waals surface area contributed by atoms with Gasteiger partial charge in [0.05, 0.1) is 17.2 Å². The maximum absolute atomic E-state index is 14.8. The zero-order valence-electron chi connectivity index (χ0n) is 17.5. The van der Waals surface area contributed by atoms with Crippen LogP contribution < -0.4 is 21.9 Å². The smallest absolute Gasteiger partial charge is 0.255 e. The lowest BCUT2D eigenvalue weighted by molar-refractivity contribution is -0.120. The molecule has 4 N–H and O–H groups in total. The summed E-state index contributed by atoms with van der Waals surface area (Å²) in [4.78, 5) is 37.6. The summed E-state index contributed by atoms with van der Waals surface area (Å²) in [6.07, 6.45) is 2.30. The lowest BCUT2D eigenvalue weighted by Gasteiger charge is -2.21. The van der Waals surface area contributed by atoms with Crippen molar-refractivity contribution in [3.8, 4) is 5.69 Å². The summed E-state index contributed by atoms with van der Waals surface area (Å²) in [7, 11) is 0. The largest absolute Gasteiger partial charge is 0.348 e. The molecule has 1 saturated carbocycles. The fourth-order valence-corrected chi connectivity index (χ4v) is 4.15. The van der Waals surface area contributed by atoms with Gasteiger partial charge in [0.2, 0.25) is 5.91 Å². The van der Waals surface area contributed by atoms with E-state index in [1.165, 1.54) is 29.0 Å². The Bertz CT molecular complexity index is 1240. The maximum atomic E-state index is 14.8. The predicted octanol–water partition coefficient (Wildman–Crippen LogP) is 3.10. The molecule has 3 unspecified atom stereocenters. The van der Waals surface area contributed by atoms with Crippen molar-refractivity contribution in [3.05, 3.63) is 93.6 Å². The van der Waals surface area contributed by atoms with Crippen molar-refractivity contribution < 1.29 is 14.0 Å². The molecule has 1 heterocycles. The van der Waals surface area contributed by atoms with Crippen molar-refractivity contribution in [2.24, 2.45) is 11.7 Å². The number of aromatic nitrogens is 1. The number of nitrogens with one attached hydrogen (secondary N) is 2. The molecule has 170 valence electrons. The number of carbonyl (C=O) groups excluding carboxylic acids is 2. The molecule has 3 atom stereocenters. The summed E-state index contributed by atoms with van der Waals surface area (Å²) >= 11 is 5.87. The molecule has 0 radical (unpaired) electrons. The number of nitrogens with zero attached hydrogens (tertiary/aromatic N) is 1. The number of amides is 2. The van der Waals surface area contributed by atoms with E-state index in [2.05, 4.69) is 10.6 Å². The summed E-state index contributed by atoms with van der Waals surface area (Å²) in [6, 6.07) is 14.4. The molecule has 1 fully saturated rings. The zero-order chi connectivity index (χ0) is 23.5. The Hall–Kier alpha value is -3.49. The summed E-state index contributed by atoms with van der Waals surface area (Å²) < 4.78 is 16.0. The van der Waals surface area contributed by atoms with Crippen LogP contribution in [0.3, 0.4) is 0 Å². The number of halogens is 2. The summed E-state index contributed by atoms with van der Waals surface area (Å²) in [6.45, 7) is 0. The standard InChI is InChI=1S/C24H22ClFN4O3/c25-14-4-6-16(7-5-14)28-24(33)19-11-15(27)12-21(19)29-23(32)18-9-8-17(13-20(18)26)30-10-2-1-3-22(30)31/h1-10,13,15,19,21H,11-12,27H2,(H,28,33)(H,29,32). The lowest BCUT2D eigenvalue weighted by atomic mass is 10.0. The molecule has 7 nitrogen and oxygen atoms in total. The number of rotatable bonds is 5. The topological polar surface area (TPSA) is 106 Å². The van der Waals surface area contributed by atoms with E-state index >= 15 is 0 Å². The van der Waals surface area contributed by atoms with Gasteiger partial charge in [0.25, 0.3) is 11.5 Å². The van der Waals surface area contributed by atoms with E-state index in [-0.39, 0.29) is 23.1 Å². The normalized spacial score (nSPS) is 19.8. The van der Waals surface area contributed by atoms with Crippen LogP contribution in [0.1, 0.15) is 23.2 Å². The van der Waals surface area contributed by atoms with Gasteiger partial charge in [0, 0.05) is 35.1 Å². The predicted molar refractivity (Wildman–Crippen MR) is 124 cm³/mol. The molecule has 0 saturated heterocycles. The van der Waals surface area contributed by atoms with E-state index < -0.39 is 23.7 Å². The van der Waals surface area contributed by atoms with Gasteiger partial charge in [-0.2, -0.15) is 0 Å². The molecule has 0 bridgehead atoms. The van der Waals surface area contributed by atoms with Crippen molar-refractivity contribution >= 4 is 29.1 Å². The van der Waals surface area contributed by atoms with Crippen LogP contribution in [0.2, 0.25) is 5.02 Å².